The molecule has 0 rings (SSSR count). The summed E-state index contributed by atoms with van der Waals surface area (Å²) in [5, 5.41) is 0. The maximum absolute atomic E-state index is 6.05. The molecular weight excluding hydrogens is 264 g/mol. The second kappa shape index (κ2) is 8.57. The molecule has 0 heterocycles. The van der Waals surface area contributed by atoms with Crippen LogP contribution in [-0.2, 0) is 8.23 Å². The van der Waals surface area contributed by atoms with Crippen LogP contribution in [0.3, 0.4) is 0 Å². The Morgan fingerprint density at radius 3 is 1.47 bits per heavy atom. The fourth-order valence-electron chi connectivity index (χ4n) is 1.55. The standard InChI is InChI=1S/C10H30N2O2Si3/c1-16(2,9-5-7-11)13-15-14-17(3,4)10-6-8-12/h5-12,15H2,1-4H3. The van der Waals surface area contributed by atoms with Crippen molar-refractivity contribution in [2.24, 2.45) is 11.5 Å². The average molecular weight is 295 g/mol. The molecule has 0 amide bonds. The Bertz CT molecular complexity index is 184. The predicted molar refractivity (Wildman–Crippen MR) is 82.6 cm³/mol. The zero-order valence-electron chi connectivity index (χ0n) is 11.9. The van der Waals surface area contributed by atoms with E-state index < -0.39 is 26.6 Å². The lowest BCUT2D eigenvalue weighted by Gasteiger charge is -2.28. The fraction of sp³-hybridized carbons (Fsp3) is 1.00. The summed E-state index contributed by atoms with van der Waals surface area (Å²) in [7, 11) is -3.81. The molecule has 0 spiro atoms. The van der Waals surface area contributed by atoms with Gasteiger partial charge in [-0.2, -0.15) is 0 Å². The third-order valence-corrected chi connectivity index (χ3v) is 13.2. The van der Waals surface area contributed by atoms with Crippen molar-refractivity contribution < 1.29 is 8.23 Å². The number of nitrogens with two attached hydrogens (primary N) is 2. The van der Waals surface area contributed by atoms with Crippen molar-refractivity contribution in [2.75, 3.05) is 13.1 Å². The molecule has 4 N–H and O–H groups in total. The molecule has 0 bridgehead atoms. The van der Waals surface area contributed by atoms with Crippen molar-refractivity contribution >= 4 is 26.6 Å². The van der Waals surface area contributed by atoms with Gasteiger partial charge in [-0.15, -0.1) is 0 Å². The summed E-state index contributed by atoms with van der Waals surface area (Å²) in [6, 6.07) is 2.29. The molecule has 0 fully saturated rings. The summed E-state index contributed by atoms with van der Waals surface area (Å²) in [5.41, 5.74) is 11.1. The van der Waals surface area contributed by atoms with Crippen LogP contribution in [0.15, 0.2) is 0 Å². The van der Waals surface area contributed by atoms with E-state index in [1.54, 1.807) is 0 Å². The van der Waals surface area contributed by atoms with Crippen LogP contribution in [0.1, 0.15) is 12.8 Å². The molecule has 0 aromatic rings. The van der Waals surface area contributed by atoms with E-state index in [1.165, 1.54) is 0 Å². The largest absolute Gasteiger partial charge is 0.441 e. The highest BCUT2D eigenvalue weighted by Crippen LogP contribution is 2.16. The molecule has 0 unspecified atom stereocenters. The van der Waals surface area contributed by atoms with Crippen molar-refractivity contribution in [1.29, 1.82) is 0 Å². The number of hydrogen-bond donors (Lipinski definition) is 2. The van der Waals surface area contributed by atoms with Gasteiger partial charge in [-0.3, -0.25) is 0 Å². The van der Waals surface area contributed by atoms with E-state index in [9.17, 15) is 0 Å². The zero-order valence-corrected chi connectivity index (χ0v) is 15.3. The molecule has 0 saturated carbocycles. The Morgan fingerprint density at radius 1 is 0.824 bits per heavy atom. The summed E-state index contributed by atoms with van der Waals surface area (Å²) >= 11 is 0. The van der Waals surface area contributed by atoms with E-state index in [2.05, 4.69) is 26.2 Å². The van der Waals surface area contributed by atoms with Crippen LogP contribution in [0.2, 0.25) is 38.3 Å². The third kappa shape index (κ3) is 10.1. The Kier molecular flexibility index (Phi) is 8.82. The highest BCUT2D eigenvalue weighted by atomic mass is 28.4. The lowest BCUT2D eigenvalue weighted by atomic mass is 10.5. The monoisotopic (exact) mass is 294 g/mol. The minimum Gasteiger partial charge on any atom is -0.441 e. The van der Waals surface area contributed by atoms with Crippen molar-refractivity contribution in [1.82, 2.24) is 0 Å². The fourth-order valence-corrected chi connectivity index (χ4v) is 8.13. The van der Waals surface area contributed by atoms with Crippen LogP contribution in [0.4, 0.5) is 0 Å². The molecule has 17 heavy (non-hydrogen) atoms. The van der Waals surface area contributed by atoms with E-state index in [4.69, 9.17) is 19.7 Å². The van der Waals surface area contributed by atoms with E-state index in [-0.39, 0.29) is 0 Å². The highest BCUT2D eigenvalue weighted by molar-refractivity contribution is 6.78. The van der Waals surface area contributed by atoms with Gasteiger partial charge < -0.3 is 19.7 Å². The maximum atomic E-state index is 6.05. The quantitative estimate of drug-likeness (QED) is 0.593. The third-order valence-electron chi connectivity index (χ3n) is 2.87. The van der Waals surface area contributed by atoms with Crippen molar-refractivity contribution in [3.05, 3.63) is 0 Å². The van der Waals surface area contributed by atoms with Gasteiger partial charge in [0.25, 0.3) is 10.0 Å². The van der Waals surface area contributed by atoms with Crippen LogP contribution in [0.5, 0.6) is 0 Å². The molecule has 0 atom stereocenters. The molecule has 0 aromatic carbocycles. The second-order valence-electron chi connectivity index (χ2n) is 5.71. The summed E-state index contributed by atoms with van der Waals surface area (Å²) in [6.07, 6.45) is 2.14. The summed E-state index contributed by atoms with van der Waals surface area (Å²) < 4.78 is 12.1. The first kappa shape index (κ1) is 17.5. The molecule has 104 valence electrons. The average Bonchev–Trinajstić information content (AvgIpc) is 2.23. The van der Waals surface area contributed by atoms with E-state index in [0.29, 0.717) is 0 Å². The molecule has 0 aliphatic rings. The lowest BCUT2D eigenvalue weighted by Crippen LogP contribution is -2.39. The molecule has 7 heteroatoms. The molecule has 0 aliphatic heterocycles. The summed E-state index contributed by atoms with van der Waals surface area (Å²) in [4.78, 5) is 0. The topological polar surface area (TPSA) is 70.5 Å². The Balaban J connectivity index is 3.80. The number of rotatable bonds is 10. The lowest BCUT2D eigenvalue weighted by molar-refractivity contribution is 0.446. The first-order valence-electron chi connectivity index (χ1n) is 6.51. The van der Waals surface area contributed by atoms with Crippen LogP contribution >= 0.6 is 0 Å². The van der Waals surface area contributed by atoms with E-state index in [0.717, 1.165) is 38.0 Å². The van der Waals surface area contributed by atoms with Gasteiger partial charge in [0.2, 0.25) is 0 Å². The van der Waals surface area contributed by atoms with Crippen LogP contribution < -0.4 is 11.5 Å². The Hall–Kier alpha value is 0.491. The summed E-state index contributed by atoms with van der Waals surface area (Å²) in [5.74, 6) is 0. The highest BCUT2D eigenvalue weighted by Gasteiger charge is 2.25. The van der Waals surface area contributed by atoms with Gasteiger partial charge in [-0.25, -0.2) is 0 Å². The van der Waals surface area contributed by atoms with Crippen LogP contribution in [0, 0.1) is 0 Å². The predicted octanol–water partition coefficient (Wildman–Crippen LogP) is 1.13. The normalized spacial score (nSPS) is 13.1. The minimum atomic E-state index is -1.50. The van der Waals surface area contributed by atoms with Gasteiger partial charge >= 0.3 is 0 Å². The molecule has 0 aliphatic carbocycles. The van der Waals surface area contributed by atoms with E-state index >= 15 is 0 Å². The van der Waals surface area contributed by atoms with Crippen LogP contribution in [0.25, 0.3) is 0 Å². The molecule has 4 nitrogen and oxygen atoms in total. The van der Waals surface area contributed by atoms with Gasteiger partial charge in [-0.1, -0.05) is 0 Å². The van der Waals surface area contributed by atoms with Gasteiger partial charge in [0.15, 0.2) is 16.6 Å². The van der Waals surface area contributed by atoms with E-state index in [1.807, 2.05) is 0 Å². The van der Waals surface area contributed by atoms with Gasteiger partial charge in [-0.05, 0) is 64.2 Å². The molecule has 0 saturated heterocycles. The molecule has 0 aromatic heterocycles. The first-order chi connectivity index (χ1) is 7.83. The van der Waals surface area contributed by atoms with Crippen molar-refractivity contribution in [3.63, 3.8) is 0 Å². The number of hydrogen-bond acceptors (Lipinski definition) is 4. The second-order valence-corrected chi connectivity index (χ2v) is 16.3. The smallest absolute Gasteiger partial charge is 0.283 e. The van der Waals surface area contributed by atoms with Gasteiger partial charge in [0, 0.05) is 0 Å². The zero-order chi connectivity index (χ0) is 13.4. The Labute approximate surface area is 111 Å². The van der Waals surface area contributed by atoms with Gasteiger partial charge in [0.1, 0.15) is 0 Å². The first-order valence-corrected chi connectivity index (χ1v) is 13.9. The van der Waals surface area contributed by atoms with Crippen molar-refractivity contribution in [3.8, 4) is 0 Å². The SMILES string of the molecule is C[Si](C)(CCCN)O[SiH2]O[Si](C)(C)CCCN. The van der Waals surface area contributed by atoms with Crippen molar-refractivity contribution in [2.45, 2.75) is 51.1 Å². The van der Waals surface area contributed by atoms with Gasteiger partial charge in [0.05, 0.1) is 0 Å². The molecule has 0 radical (unpaired) electrons. The minimum absolute atomic E-state index is 0.763. The Morgan fingerprint density at radius 2 is 1.18 bits per heavy atom. The van der Waals surface area contributed by atoms with Crippen LogP contribution in [-0.4, -0.2) is 39.7 Å². The molecular formula is C10H30N2O2Si3. The summed E-state index contributed by atoms with van der Waals surface area (Å²) in [6.45, 7) is 10.6. The maximum Gasteiger partial charge on any atom is 0.283 e.